The highest BCUT2D eigenvalue weighted by molar-refractivity contribution is 6.30. The summed E-state index contributed by atoms with van der Waals surface area (Å²) in [6.45, 7) is 0. The fourth-order valence-corrected chi connectivity index (χ4v) is 1.85. The number of halogens is 1. The highest BCUT2D eigenvalue weighted by atomic mass is 35.5. The van der Waals surface area contributed by atoms with Crippen molar-refractivity contribution in [3.63, 3.8) is 0 Å². The Morgan fingerprint density at radius 1 is 1.11 bits per heavy atom. The molecule has 0 saturated carbocycles. The molecule has 94 valence electrons. The van der Waals surface area contributed by atoms with Crippen molar-refractivity contribution in [2.45, 2.75) is 0 Å². The minimum Gasteiger partial charge on any atom is -0.539 e. The first-order valence-corrected chi connectivity index (χ1v) is 5.90. The van der Waals surface area contributed by atoms with Crippen LogP contribution in [-0.4, -0.2) is 10.3 Å². The van der Waals surface area contributed by atoms with E-state index < -0.39 is 5.95 Å². The molecule has 0 aliphatic heterocycles. The van der Waals surface area contributed by atoms with Gasteiger partial charge in [0.05, 0.1) is 5.27 Å². The minimum atomic E-state index is -0.534. The van der Waals surface area contributed by atoms with Crippen LogP contribution in [0.15, 0.2) is 53.2 Å². The molecule has 0 bridgehead atoms. The van der Waals surface area contributed by atoms with Crippen molar-refractivity contribution in [2.24, 2.45) is 0 Å². The summed E-state index contributed by atoms with van der Waals surface area (Å²) >= 11 is 5.83. The van der Waals surface area contributed by atoms with Gasteiger partial charge >= 0.3 is 0 Å². The number of hydrogen-bond acceptors (Lipinski definition) is 4. The van der Waals surface area contributed by atoms with E-state index in [4.69, 9.17) is 16.1 Å². The fourth-order valence-electron chi connectivity index (χ4n) is 1.72. The molecule has 0 radical (unpaired) electrons. The highest BCUT2D eigenvalue weighted by Gasteiger charge is 2.22. The average molecular weight is 274 g/mol. The summed E-state index contributed by atoms with van der Waals surface area (Å²) in [5.41, 5.74) is 1.46. The highest BCUT2D eigenvalue weighted by Crippen LogP contribution is 2.22. The van der Waals surface area contributed by atoms with Gasteiger partial charge in [-0.3, -0.25) is 0 Å². The molecule has 5 nitrogen and oxygen atoms in total. The molecule has 6 heteroatoms. The van der Waals surface area contributed by atoms with Gasteiger partial charge in [-0.05, 0) is 28.9 Å². The smallest absolute Gasteiger partial charge is 0.289 e. The van der Waals surface area contributed by atoms with Crippen LogP contribution in [0.3, 0.4) is 0 Å². The number of nitrogens with zero attached hydrogens (tertiary/aromatic N) is 3. The van der Waals surface area contributed by atoms with Crippen LogP contribution in [0.25, 0.3) is 17.1 Å². The molecule has 1 aromatic carbocycles. The number of hydrogen-bond donors (Lipinski definition) is 0. The van der Waals surface area contributed by atoms with Gasteiger partial charge in [0.15, 0.2) is 5.95 Å². The van der Waals surface area contributed by atoms with E-state index >= 15 is 0 Å². The monoisotopic (exact) mass is 273 g/mol. The van der Waals surface area contributed by atoms with Crippen LogP contribution < -0.4 is 9.79 Å². The van der Waals surface area contributed by atoms with Crippen LogP contribution in [-0.2, 0) is 0 Å². The van der Waals surface area contributed by atoms with Crippen LogP contribution in [0.2, 0.25) is 5.02 Å². The molecule has 0 N–H and O–H groups in total. The Hall–Kier alpha value is -2.40. The lowest BCUT2D eigenvalue weighted by molar-refractivity contribution is -0.660. The second-order valence-electron chi connectivity index (χ2n) is 3.81. The van der Waals surface area contributed by atoms with Gasteiger partial charge in [0, 0.05) is 23.4 Å². The van der Waals surface area contributed by atoms with Crippen LogP contribution in [0.1, 0.15) is 0 Å². The molecule has 0 aliphatic rings. The van der Waals surface area contributed by atoms with Crippen molar-refractivity contribution >= 4 is 11.6 Å². The number of pyridine rings is 1. The van der Waals surface area contributed by atoms with Gasteiger partial charge in [-0.2, -0.15) is 0 Å². The summed E-state index contributed by atoms with van der Waals surface area (Å²) in [5, 5.41) is 16.1. The maximum Gasteiger partial charge on any atom is 0.289 e. The van der Waals surface area contributed by atoms with Gasteiger partial charge in [-0.1, -0.05) is 17.7 Å². The molecule has 3 rings (SSSR count). The van der Waals surface area contributed by atoms with Crippen LogP contribution in [0.5, 0.6) is 5.95 Å². The van der Waals surface area contributed by atoms with Gasteiger partial charge in [0.2, 0.25) is 5.69 Å². The molecule has 2 heterocycles. The summed E-state index contributed by atoms with van der Waals surface area (Å²) in [6, 6.07) is 12.2. The zero-order valence-electron chi connectivity index (χ0n) is 9.65. The Labute approximate surface area is 113 Å². The molecule has 19 heavy (non-hydrogen) atoms. The van der Waals surface area contributed by atoms with Crippen molar-refractivity contribution in [3.05, 3.63) is 53.7 Å². The molecule has 0 amide bonds. The number of benzene rings is 1. The summed E-state index contributed by atoms with van der Waals surface area (Å²) in [7, 11) is 0. The quantitative estimate of drug-likeness (QED) is 0.667. The van der Waals surface area contributed by atoms with Gasteiger partial charge in [-0.15, -0.1) is 0 Å². The first kappa shape index (κ1) is 11.7. The van der Waals surface area contributed by atoms with Gasteiger partial charge in [-0.25, -0.2) is 4.98 Å². The molecule has 0 unspecified atom stereocenters. The van der Waals surface area contributed by atoms with E-state index in [-0.39, 0.29) is 5.69 Å². The Morgan fingerprint density at radius 2 is 1.89 bits per heavy atom. The van der Waals surface area contributed by atoms with E-state index in [0.29, 0.717) is 16.4 Å². The third-order valence-electron chi connectivity index (χ3n) is 2.59. The van der Waals surface area contributed by atoms with Crippen LogP contribution >= 0.6 is 11.6 Å². The first-order valence-electron chi connectivity index (χ1n) is 5.52. The lowest BCUT2D eigenvalue weighted by atomic mass is 10.2. The van der Waals surface area contributed by atoms with E-state index in [0.717, 1.165) is 0 Å². The van der Waals surface area contributed by atoms with E-state index in [2.05, 4.69) is 10.3 Å². The maximum atomic E-state index is 11.8. The zero-order chi connectivity index (χ0) is 13.2. The van der Waals surface area contributed by atoms with E-state index in [1.165, 1.54) is 4.68 Å². The van der Waals surface area contributed by atoms with Gasteiger partial charge < -0.3 is 9.63 Å². The number of rotatable bonds is 2. The third kappa shape index (κ3) is 2.15. The maximum absolute atomic E-state index is 11.8. The minimum absolute atomic E-state index is 0.280. The Morgan fingerprint density at radius 3 is 2.58 bits per heavy atom. The Bertz CT molecular complexity index is 696. The van der Waals surface area contributed by atoms with Crippen molar-refractivity contribution in [1.82, 2.24) is 10.3 Å². The molecule has 3 aromatic rings. The standard InChI is InChI=1S/C13H8ClN3O2/c14-9-4-6-10(7-5-9)17-12(13(18)19-16-17)11-3-1-2-8-15-11/h1-8H. The summed E-state index contributed by atoms with van der Waals surface area (Å²) in [6.07, 6.45) is 1.61. The lowest BCUT2D eigenvalue weighted by Crippen LogP contribution is -2.34. The lowest BCUT2D eigenvalue weighted by Gasteiger charge is -1.97. The molecule has 0 aliphatic carbocycles. The fraction of sp³-hybridized carbons (Fsp3) is 0. The van der Waals surface area contributed by atoms with Crippen molar-refractivity contribution in [2.75, 3.05) is 0 Å². The van der Waals surface area contributed by atoms with Crippen molar-refractivity contribution in [1.29, 1.82) is 0 Å². The molecule has 0 fully saturated rings. The van der Waals surface area contributed by atoms with E-state index in [1.807, 2.05) is 0 Å². The average Bonchev–Trinajstić information content (AvgIpc) is 2.82. The second kappa shape index (κ2) is 4.70. The predicted molar refractivity (Wildman–Crippen MR) is 65.7 cm³/mol. The largest absolute Gasteiger partial charge is 0.539 e. The summed E-state index contributed by atoms with van der Waals surface area (Å²) < 4.78 is 6.12. The van der Waals surface area contributed by atoms with Crippen molar-refractivity contribution in [3.8, 4) is 23.0 Å². The Balaban J connectivity index is 2.16. The van der Waals surface area contributed by atoms with Crippen LogP contribution in [0, 0.1) is 0 Å². The topological polar surface area (TPSA) is 65.9 Å². The second-order valence-corrected chi connectivity index (χ2v) is 4.25. The molecule has 0 atom stereocenters. The van der Waals surface area contributed by atoms with Gasteiger partial charge in [0.1, 0.15) is 5.69 Å². The normalized spacial score (nSPS) is 10.6. The molecule has 0 spiro atoms. The molecular formula is C13H8ClN3O2. The molecule has 2 aromatic heterocycles. The van der Waals surface area contributed by atoms with Gasteiger partial charge in [0.25, 0.3) is 5.69 Å². The van der Waals surface area contributed by atoms with Crippen LogP contribution in [0.4, 0.5) is 0 Å². The number of aromatic nitrogens is 3. The summed E-state index contributed by atoms with van der Waals surface area (Å²) in [5.74, 6) is -0.534. The molecule has 0 saturated heterocycles. The first-order chi connectivity index (χ1) is 9.25. The molecular weight excluding hydrogens is 266 g/mol. The van der Waals surface area contributed by atoms with E-state index in [1.54, 1.807) is 48.7 Å². The predicted octanol–water partition coefficient (Wildman–Crippen LogP) is 1.74. The van der Waals surface area contributed by atoms with E-state index in [9.17, 15) is 5.11 Å². The Kier molecular flexibility index (Phi) is 2.89. The third-order valence-corrected chi connectivity index (χ3v) is 2.84. The zero-order valence-corrected chi connectivity index (χ0v) is 10.4. The SMILES string of the molecule is [O-]c1on[n+](-c2ccc(Cl)cc2)c1-c1ccccn1. The summed E-state index contributed by atoms with van der Waals surface area (Å²) in [4.78, 5) is 4.14. The van der Waals surface area contributed by atoms with Crippen molar-refractivity contribution < 1.29 is 14.3 Å².